The van der Waals surface area contributed by atoms with Crippen molar-refractivity contribution < 1.29 is 9.53 Å². The Kier molecular flexibility index (Phi) is 6.70. The third-order valence-corrected chi connectivity index (χ3v) is 6.05. The number of Topliss-reactive ketones (excluding diaryl/α,β-unsaturated/α-hetero) is 1. The Bertz CT molecular complexity index is 833. The molecule has 0 unspecified atom stereocenters. The lowest BCUT2D eigenvalue weighted by Gasteiger charge is -2.31. The number of anilines is 2. The van der Waals surface area contributed by atoms with Gasteiger partial charge in [0, 0.05) is 35.2 Å². The Balaban J connectivity index is 1.14. The SMILES string of the molecule is O=C(c1ccc(Cl)cc1)C1CCN(CCCOCc2cccc3c2NCN3)CC1. The van der Waals surface area contributed by atoms with Crippen molar-refractivity contribution in [2.75, 3.05) is 43.5 Å². The molecule has 0 aliphatic carbocycles. The fourth-order valence-electron chi connectivity index (χ4n) is 4.15. The minimum absolute atomic E-state index is 0.130. The van der Waals surface area contributed by atoms with Crippen molar-refractivity contribution in [3.63, 3.8) is 0 Å². The van der Waals surface area contributed by atoms with E-state index < -0.39 is 0 Å². The van der Waals surface area contributed by atoms with Crippen LogP contribution in [0.5, 0.6) is 0 Å². The molecule has 0 amide bonds. The summed E-state index contributed by atoms with van der Waals surface area (Å²) in [4.78, 5) is 15.1. The molecule has 4 rings (SSSR count). The normalized spacial score (nSPS) is 16.9. The number of hydrogen-bond acceptors (Lipinski definition) is 5. The Morgan fingerprint density at radius 3 is 2.69 bits per heavy atom. The van der Waals surface area contributed by atoms with E-state index in [-0.39, 0.29) is 11.7 Å². The van der Waals surface area contributed by atoms with Crippen LogP contribution < -0.4 is 10.6 Å². The zero-order valence-corrected chi connectivity index (χ0v) is 17.4. The van der Waals surface area contributed by atoms with Crippen LogP contribution in [0.1, 0.15) is 35.2 Å². The molecule has 1 saturated heterocycles. The summed E-state index contributed by atoms with van der Waals surface area (Å²) in [6.45, 7) is 5.14. The fourth-order valence-corrected chi connectivity index (χ4v) is 4.27. The summed E-state index contributed by atoms with van der Waals surface area (Å²) in [6, 6.07) is 13.5. The number of ketones is 1. The van der Waals surface area contributed by atoms with E-state index in [4.69, 9.17) is 16.3 Å². The number of carbonyl (C=O) groups is 1. The number of ether oxygens (including phenoxy) is 1. The number of nitrogens with one attached hydrogen (secondary N) is 2. The lowest BCUT2D eigenvalue weighted by Crippen LogP contribution is -2.37. The first-order valence-electron chi connectivity index (χ1n) is 10.4. The Morgan fingerprint density at radius 1 is 1.10 bits per heavy atom. The number of piperidine rings is 1. The highest BCUT2D eigenvalue weighted by Crippen LogP contribution is 2.30. The van der Waals surface area contributed by atoms with Crippen LogP contribution in [0, 0.1) is 5.92 Å². The summed E-state index contributed by atoms with van der Waals surface area (Å²) < 4.78 is 5.90. The molecule has 2 heterocycles. The van der Waals surface area contributed by atoms with E-state index in [0.29, 0.717) is 11.6 Å². The van der Waals surface area contributed by atoms with Crippen molar-refractivity contribution >= 4 is 28.8 Å². The Labute approximate surface area is 177 Å². The van der Waals surface area contributed by atoms with Crippen LogP contribution in [0.25, 0.3) is 0 Å². The maximum atomic E-state index is 12.6. The first-order chi connectivity index (χ1) is 14.2. The van der Waals surface area contributed by atoms with Gasteiger partial charge < -0.3 is 20.3 Å². The van der Waals surface area contributed by atoms with Crippen LogP contribution in [-0.2, 0) is 11.3 Å². The smallest absolute Gasteiger partial charge is 0.166 e. The van der Waals surface area contributed by atoms with Gasteiger partial charge in [-0.25, -0.2) is 0 Å². The Hall–Kier alpha value is -2.08. The zero-order valence-electron chi connectivity index (χ0n) is 16.6. The minimum Gasteiger partial charge on any atom is -0.377 e. The Morgan fingerprint density at radius 2 is 1.90 bits per heavy atom. The summed E-state index contributed by atoms with van der Waals surface area (Å²) in [5.74, 6) is 0.383. The van der Waals surface area contributed by atoms with E-state index in [0.717, 1.165) is 63.4 Å². The first kappa shape index (κ1) is 20.2. The van der Waals surface area contributed by atoms with Crippen molar-refractivity contribution in [3.05, 3.63) is 58.6 Å². The molecule has 0 saturated carbocycles. The molecule has 1 fully saturated rings. The molecule has 0 radical (unpaired) electrons. The molecule has 6 heteroatoms. The minimum atomic E-state index is 0.130. The number of likely N-dealkylation sites (tertiary alicyclic amines) is 1. The van der Waals surface area contributed by atoms with Gasteiger partial charge in [-0.2, -0.15) is 0 Å². The fraction of sp³-hybridized carbons (Fsp3) is 0.435. The molecule has 0 bridgehead atoms. The molecule has 2 aromatic carbocycles. The molecule has 2 N–H and O–H groups in total. The highest BCUT2D eigenvalue weighted by atomic mass is 35.5. The van der Waals surface area contributed by atoms with Gasteiger partial charge in [0.25, 0.3) is 0 Å². The van der Waals surface area contributed by atoms with Crippen molar-refractivity contribution in [2.24, 2.45) is 5.92 Å². The highest BCUT2D eigenvalue weighted by Gasteiger charge is 2.25. The van der Waals surface area contributed by atoms with Crippen LogP contribution >= 0.6 is 11.6 Å². The number of halogens is 1. The summed E-state index contributed by atoms with van der Waals surface area (Å²) in [7, 11) is 0. The molecular weight excluding hydrogens is 386 g/mol. The average molecular weight is 414 g/mol. The van der Waals surface area contributed by atoms with Crippen molar-refractivity contribution in [1.82, 2.24) is 4.90 Å². The van der Waals surface area contributed by atoms with E-state index in [1.54, 1.807) is 12.1 Å². The van der Waals surface area contributed by atoms with E-state index in [2.05, 4.69) is 33.7 Å². The van der Waals surface area contributed by atoms with Gasteiger partial charge >= 0.3 is 0 Å². The monoisotopic (exact) mass is 413 g/mol. The molecule has 2 aromatic rings. The lowest BCUT2D eigenvalue weighted by atomic mass is 9.89. The van der Waals surface area contributed by atoms with Crippen molar-refractivity contribution in [3.8, 4) is 0 Å². The quantitative estimate of drug-likeness (QED) is 0.488. The van der Waals surface area contributed by atoms with E-state index in [1.807, 2.05) is 12.1 Å². The van der Waals surface area contributed by atoms with Crippen molar-refractivity contribution in [1.29, 1.82) is 0 Å². The third-order valence-electron chi connectivity index (χ3n) is 5.80. The number of carbonyl (C=O) groups excluding carboxylic acids is 1. The number of rotatable bonds is 8. The average Bonchev–Trinajstić information content (AvgIpc) is 3.24. The molecule has 29 heavy (non-hydrogen) atoms. The van der Waals surface area contributed by atoms with E-state index >= 15 is 0 Å². The lowest BCUT2D eigenvalue weighted by molar-refractivity contribution is 0.0804. The second kappa shape index (κ2) is 9.61. The molecule has 0 atom stereocenters. The van der Waals surface area contributed by atoms with Crippen LogP contribution in [0.15, 0.2) is 42.5 Å². The van der Waals surface area contributed by atoms with Gasteiger partial charge in [-0.05, 0) is 62.7 Å². The van der Waals surface area contributed by atoms with E-state index in [1.165, 1.54) is 11.3 Å². The predicted octanol–water partition coefficient (Wildman–Crippen LogP) is 4.64. The second-order valence-corrected chi connectivity index (χ2v) is 8.20. The molecule has 0 spiro atoms. The van der Waals surface area contributed by atoms with Gasteiger partial charge in [0.1, 0.15) is 0 Å². The number of hydrogen-bond donors (Lipinski definition) is 2. The van der Waals surface area contributed by atoms with E-state index in [9.17, 15) is 4.79 Å². The van der Waals surface area contributed by atoms with Gasteiger partial charge in [0.2, 0.25) is 0 Å². The predicted molar refractivity (Wildman–Crippen MR) is 118 cm³/mol. The van der Waals surface area contributed by atoms with Gasteiger partial charge in [-0.15, -0.1) is 0 Å². The topological polar surface area (TPSA) is 53.6 Å². The second-order valence-electron chi connectivity index (χ2n) is 7.76. The number of para-hydroxylation sites is 1. The molecular formula is C23H28ClN3O2. The van der Waals surface area contributed by atoms with Crippen LogP contribution in [-0.4, -0.2) is 43.6 Å². The molecule has 2 aliphatic heterocycles. The number of nitrogens with zero attached hydrogens (tertiary/aromatic N) is 1. The van der Waals surface area contributed by atoms with Crippen molar-refractivity contribution in [2.45, 2.75) is 25.9 Å². The highest BCUT2D eigenvalue weighted by molar-refractivity contribution is 6.30. The van der Waals surface area contributed by atoms with Crippen LogP contribution in [0.2, 0.25) is 5.02 Å². The zero-order chi connectivity index (χ0) is 20.1. The van der Waals surface area contributed by atoms with Gasteiger partial charge in [0.15, 0.2) is 5.78 Å². The van der Waals surface area contributed by atoms with Gasteiger partial charge in [0.05, 0.1) is 24.7 Å². The number of fused-ring (bicyclic) bond motifs is 1. The first-order valence-corrected chi connectivity index (χ1v) is 10.8. The molecule has 2 aliphatic rings. The third kappa shape index (κ3) is 5.10. The summed E-state index contributed by atoms with van der Waals surface area (Å²) >= 11 is 5.92. The summed E-state index contributed by atoms with van der Waals surface area (Å²) in [5.41, 5.74) is 4.30. The maximum Gasteiger partial charge on any atom is 0.166 e. The number of benzene rings is 2. The molecule has 0 aromatic heterocycles. The van der Waals surface area contributed by atoms with Gasteiger partial charge in [-0.3, -0.25) is 4.79 Å². The van der Waals surface area contributed by atoms with Crippen LogP contribution in [0.4, 0.5) is 11.4 Å². The molecule has 154 valence electrons. The standard InChI is InChI=1S/C23H28ClN3O2/c24-20-7-5-17(6-8-20)23(28)18-9-12-27(13-10-18)11-2-14-29-15-19-3-1-4-21-22(19)26-16-25-21/h1,3-8,18,25-26H,2,9-16H2. The summed E-state index contributed by atoms with van der Waals surface area (Å²) in [6.07, 6.45) is 2.87. The van der Waals surface area contributed by atoms with Crippen LogP contribution in [0.3, 0.4) is 0 Å². The van der Waals surface area contributed by atoms with Gasteiger partial charge in [-0.1, -0.05) is 23.7 Å². The summed E-state index contributed by atoms with van der Waals surface area (Å²) in [5, 5.41) is 7.33. The maximum absolute atomic E-state index is 12.6. The largest absolute Gasteiger partial charge is 0.377 e. The molecule has 5 nitrogen and oxygen atoms in total.